The Labute approximate surface area is 175 Å². The molecule has 152 valence electrons. The van der Waals surface area contributed by atoms with Crippen molar-refractivity contribution >= 4 is 35.0 Å². The Morgan fingerprint density at radius 1 is 1.24 bits per heavy atom. The van der Waals surface area contributed by atoms with E-state index in [1.54, 1.807) is 25.3 Å². The van der Waals surface area contributed by atoms with Crippen molar-refractivity contribution in [2.24, 2.45) is 0 Å². The standard InChI is InChI=1S/C18H17ClFN5O3S/c1-27-11-4-5-12(15(8-11)28-2)17-23-24-18(25(17)21)29-9-16(26)22-14-6-3-10(19)7-13(14)20/h3-8H,9,21H2,1-2H3,(H,22,26). The first-order valence-corrected chi connectivity index (χ1v) is 9.60. The van der Waals surface area contributed by atoms with Crippen LogP contribution in [0.4, 0.5) is 10.1 Å². The zero-order valence-corrected chi connectivity index (χ0v) is 17.1. The molecule has 1 amide bonds. The molecule has 0 aliphatic heterocycles. The molecule has 2 aromatic carbocycles. The van der Waals surface area contributed by atoms with Gasteiger partial charge >= 0.3 is 0 Å². The van der Waals surface area contributed by atoms with E-state index < -0.39 is 11.7 Å². The van der Waals surface area contributed by atoms with Crippen molar-refractivity contribution in [1.29, 1.82) is 0 Å². The van der Waals surface area contributed by atoms with Gasteiger partial charge in [0.25, 0.3) is 0 Å². The fraction of sp³-hybridized carbons (Fsp3) is 0.167. The molecule has 0 radical (unpaired) electrons. The molecule has 0 aliphatic rings. The lowest BCUT2D eigenvalue weighted by molar-refractivity contribution is -0.113. The average molecular weight is 438 g/mol. The van der Waals surface area contributed by atoms with Gasteiger partial charge < -0.3 is 20.6 Å². The number of carbonyl (C=O) groups is 1. The summed E-state index contributed by atoms with van der Waals surface area (Å²) in [4.78, 5) is 12.1. The number of nitrogen functional groups attached to an aromatic ring is 1. The number of ether oxygens (including phenoxy) is 2. The molecule has 0 saturated heterocycles. The Hall–Kier alpha value is -2.98. The number of anilines is 1. The fourth-order valence-electron chi connectivity index (χ4n) is 2.45. The molecule has 0 saturated carbocycles. The van der Waals surface area contributed by atoms with Gasteiger partial charge in [-0.2, -0.15) is 0 Å². The Kier molecular flexibility index (Phi) is 6.45. The molecule has 3 N–H and O–H groups in total. The maximum Gasteiger partial charge on any atom is 0.234 e. The monoisotopic (exact) mass is 437 g/mol. The first kappa shape index (κ1) is 20.7. The Balaban J connectivity index is 1.71. The van der Waals surface area contributed by atoms with Crippen LogP contribution in [0, 0.1) is 5.82 Å². The van der Waals surface area contributed by atoms with Gasteiger partial charge in [-0.3, -0.25) is 4.79 Å². The Morgan fingerprint density at radius 3 is 2.72 bits per heavy atom. The Bertz CT molecular complexity index is 1050. The van der Waals surface area contributed by atoms with Crippen LogP contribution in [0.2, 0.25) is 5.02 Å². The molecule has 0 fully saturated rings. The van der Waals surface area contributed by atoms with Gasteiger partial charge in [-0.05, 0) is 30.3 Å². The zero-order chi connectivity index (χ0) is 21.0. The number of rotatable bonds is 7. The third kappa shape index (κ3) is 4.72. The summed E-state index contributed by atoms with van der Waals surface area (Å²) in [5.74, 6) is 6.48. The average Bonchev–Trinajstić information content (AvgIpc) is 3.08. The highest BCUT2D eigenvalue weighted by Crippen LogP contribution is 2.33. The van der Waals surface area contributed by atoms with E-state index in [0.29, 0.717) is 28.0 Å². The normalized spacial score (nSPS) is 10.6. The maximum atomic E-state index is 13.8. The van der Waals surface area contributed by atoms with E-state index in [1.165, 1.54) is 23.9 Å². The first-order chi connectivity index (χ1) is 13.9. The molecular formula is C18H17ClFN5O3S. The molecule has 11 heteroatoms. The van der Waals surface area contributed by atoms with E-state index in [-0.39, 0.29) is 16.5 Å². The number of benzene rings is 2. The number of thioether (sulfide) groups is 1. The smallest absolute Gasteiger partial charge is 0.234 e. The van der Waals surface area contributed by atoms with Gasteiger partial charge in [-0.15, -0.1) is 10.2 Å². The molecule has 3 rings (SSSR count). The van der Waals surface area contributed by atoms with E-state index in [4.69, 9.17) is 26.9 Å². The SMILES string of the molecule is COc1ccc(-c2nnc(SCC(=O)Nc3ccc(Cl)cc3F)n2N)c(OC)c1. The number of nitrogens with zero attached hydrogens (tertiary/aromatic N) is 3. The van der Waals surface area contributed by atoms with Crippen LogP contribution in [-0.2, 0) is 4.79 Å². The summed E-state index contributed by atoms with van der Waals surface area (Å²) in [6, 6.07) is 9.18. The number of amides is 1. The highest BCUT2D eigenvalue weighted by molar-refractivity contribution is 7.99. The van der Waals surface area contributed by atoms with Crippen molar-refractivity contribution in [1.82, 2.24) is 14.9 Å². The predicted octanol–water partition coefficient (Wildman–Crippen LogP) is 3.20. The van der Waals surface area contributed by atoms with Gasteiger partial charge in [0, 0.05) is 11.1 Å². The van der Waals surface area contributed by atoms with Crippen molar-refractivity contribution < 1.29 is 18.7 Å². The molecule has 0 spiro atoms. The molecule has 0 unspecified atom stereocenters. The van der Waals surface area contributed by atoms with Gasteiger partial charge in [0.1, 0.15) is 17.3 Å². The van der Waals surface area contributed by atoms with E-state index in [0.717, 1.165) is 17.8 Å². The van der Waals surface area contributed by atoms with Crippen LogP contribution >= 0.6 is 23.4 Å². The molecule has 29 heavy (non-hydrogen) atoms. The third-order valence-electron chi connectivity index (χ3n) is 3.85. The molecule has 0 aliphatic carbocycles. The fourth-order valence-corrected chi connectivity index (χ4v) is 3.26. The quantitative estimate of drug-likeness (QED) is 0.432. The molecule has 0 bridgehead atoms. The van der Waals surface area contributed by atoms with Gasteiger partial charge in [0.05, 0.1) is 31.2 Å². The number of methoxy groups -OCH3 is 2. The minimum Gasteiger partial charge on any atom is -0.497 e. The van der Waals surface area contributed by atoms with E-state index in [1.807, 2.05) is 0 Å². The first-order valence-electron chi connectivity index (χ1n) is 8.23. The van der Waals surface area contributed by atoms with Crippen LogP contribution < -0.4 is 20.6 Å². The largest absolute Gasteiger partial charge is 0.497 e. The number of nitrogens with one attached hydrogen (secondary N) is 1. The summed E-state index contributed by atoms with van der Waals surface area (Å²) in [5, 5.41) is 11.1. The number of hydrogen-bond acceptors (Lipinski definition) is 7. The van der Waals surface area contributed by atoms with Crippen molar-refractivity contribution in [3.8, 4) is 22.9 Å². The van der Waals surface area contributed by atoms with Crippen molar-refractivity contribution in [2.45, 2.75) is 5.16 Å². The number of aromatic nitrogens is 3. The minimum atomic E-state index is -0.619. The van der Waals surface area contributed by atoms with Gasteiger partial charge in [-0.1, -0.05) is 23.4 Å². The van der Waals surface area contributed by atoms with E-state index >= 15 is 0 Å². The van der Waals surface area contributed by atoms with Crippen LogP contribution in [-0.4, -0.2) is 40.8 Å². The summed E-state index contributed by atoms with van der Waals surface area (Å²) in [7, 11) is 3.07. The number of hydrogen-bond donors (Lipinski definition) is 2. The zero-order valence-electron chi connectivity index (χ0n) is 15.5. The second kappa shape index (κ2) is 9.01. The van der Waals surface area contributed by atoms with Crippen LogP contribution in [0.5, 0.6) is 11.5 Å². The van der Waals surface area contributed by atoms with Crippen LogP contribution in [0.25, 0.3) is 11.4 Å². The van der Waals surface area contributed by atoms with Crippen LogP contribution in [0.1, 0.15) is 0 Å². The minimum absolute atomic E-state index is 0.0397. The summed E-state index contributed by atoms with van der Waals surface area (Å²) >= 11 is 6.76. The molecule has 1 heterocycles. The van der Waals surface area contributed by atoms with Crippen molar-refractivity contribution in [3.63, 3.8) is 0 Å². The predicted molar refractivity (Wildman–Crippen MR) is 109 cm³/mol. The highest BCUT2D eigenvalue weighted by atomic mass is 35.5. The molecule has 3 aromatic rings. The summed E-state index contributed by atoms with van der Waals surface area (Å²) in [6.45, 7) is 0. The topological polar surface area (TPSA) is 104 Å². The maximum absolute atomic E-state index is 13.8. The highest BCUT2D eigenvalue weighted by Gasteiger charge is 2.18. The summed E-state index contributed by atoms with van der Waals surface area (Å²) in [5.41, 5.74) is 0.653. The molecule has 8 nitrogen and oxygen atoms in total. The lowest BCUT2D eigenvalue weighted by atomic mass is 10.2. The lowest BCUT2D eigenvalue weighted by Gasteiger charge is -2.10. The van der Waals surface area contributed by atoms with E-state index in [2.05, 4.69) is 15.5 Å². The van der Waals surface area contributed by atoms with E-state index in [9.17, 15) is 9.18 Å². The second-order valence-corrected chi connectivity index (χ2v) is 7.08. The third-order valence-corrected chi connectivity index (χ3v) is 5.03. The molecular weight excluding hydrogens is 421 g/mol. The lowest BCUT2D eigenvalue weighted by Crippen LogP contribution is -2.17. The second-order valence-electron chi connectivity index (χ2n) is 5.70. The van der Waals surface area contributed by atoms with Crippen molar-refractivity contribution in [2.75, 3.05) is 31.1 Å². The number of nitrogens with two attached hydrogens (primary N) is 1. The number of carbonyl (C=O) groups excluding carboxylic acids is 1. The van der Waals surface area contributed by atoms with Gasteiger partial charge in [0.2, 0.25) is 11.1 Å². The van der Waals surface area contributed by atoms with Gasteiger partial charge in [-0.25, -0.2) is 9.07 Å². The summed E-state index contributed by atoms with van der Waals surface area (Å²) in [6.07, 6.45) is 0. The van der Waals surface area contributed by atoms with Crippen molar-refractivity contribution in [3.05, 3.63) is 47.2 Å². The number of halogens is 2. The van der Waals surface area contributed by atoms with Gasteiger partial charge in [0.15, 0.2) is 5.82 Å². The molecule has 0 atom stereocenters. The molecule has 1 aromatic heterocycles. The van der Waals surface area contributed by atoms with Crippen LogP contribution in [0.15, 0.2) is 41.6 Å². The summed E-state index contributed by atoms with van der Waals surface area (Å²) < 4.78 is 25.6. The Morgan fingerprint density at radius 2 is 2.03 bits per heavy atom. The van der Waals surface area contributed by atoms with Crippen LogP contribution in [0.3, 0.4) is 0 Å².